The number of halogens is 2. The quantitative estimate of drug-likeness (QED) is 0.657. The van der Waals surface area contributed by atoms with E-state index in [9.17, 15) is 17.6 Å². The number of nitrogens with two attached hydrogens (primary N) is 1. The van der Waals surface area contributed by atoms with E-state index in [2.05, 4.69) is 10.0 Å². The number of anilines is 1. The predicted molar refractivity (Wildman–Crippen MR) is 110 cm³/mol. The molecule has 2 aromatic carbocycles. The van der Waals surface area contributed by atoms with Crippen molar-refractivity contribution in [3.05, 3.63) is 59.9 Å². The van der Waals surface area contributed by atoms with Crippen molar-refractivity contribution >= 4 is 34.0 Å². The topological polar surface area (TPSA) is 101 Å². The van der Waals surface area contributed by atoms with Gasteiger partial charge in [0.05, 0.1) is 16.6 Å². The molecule has 6 nitrogen and oxygen atoms in total. The molecule has 0 fully saturated rings. The second-order valence-corrected chi connectivity index (χ2v) is 8.97. The molecule has 154 valence electrons. The average molecular weight is 430 g/mol. The molecule has 0 saturated carbocycles. The van der Waals surface area contributed by atoms with Gasteiger partial charge in [-0.05, 0) is 51.0 Å². The standard InChI is InChI=1S/C19H24FN3O3S.ClH/c1-19(2,3)23-27(25,26)14-9-10-17(15(20)12-14)22-18(24)16(21)11-13-7-5-4-6-8-13;/h4-10,12,16,23H,11,21H2,1-3H3,(H,22,24);1H/t16-;/m0./s1. The summed E-state index contributed by atoms with van der Waals surface area (Å²) in [6.07, 6.45) is 0.302. The van der Waals surface area contributed by atoms with Gasteiger partial charge in [0.2, 0.25) is 15.9 Å². The third-order valence-electron chi connectivity index (χ3n) is 3.58. The fourth-order valence-corrected chi connectivity index (χ4v) is 3.84. The molecule has 0 radical (unpaired) electrons. The fraction of sp³-hybridized carbons (Fsp3) is 0.316. The van der Waals surface area contributed by atoms with Crippen molar-refractivity contribution in [1.82, 2.24) is 4.72 Å². The van der Waals surface area contributed by atoms with Gasteiger partial charge in [0.15, 0.2) is 0 Å². The molecule has 0 aliphatic heterocycles. The molecule has 2 rings (SSSR count). The Bertz CT molecular complexity index is 916. The Labute approximate surface area is 171 Å². The molecule has 0 aliphatic rings. The third kappa shape index (κ3) is 6.87. The fourth-order valence-electron chi connectivity index (χ4n) is 2.41. The maximum atomic E-state index is 14.3. The largest absolute Gasteiger partial charge is 0.322 e. The molecule has 1 atom stereocenters. The van der Waals surface area contributed by atoms with Crippen molar-refractivity contribution in [1.29, 1.82) is 0 Å². The Balaban J connectivity index is 0.00000392. The molecular weight excluding hydrogens is 405 g/mol. The van der Waals surface area contributed by atoms with Crippen LogP contribution in [0.4, 0.5) is 10.1 Å². The Kier molecular flexibility index (Phi) is 8.13. The molecule has 1 amide bonds. The number of carbonyl (C=O) groups is 1. The van der Waals surface area contributed by atoms with Crippen LogP contribution in [0.5, 0.6) is 0 Å². The SMILES string of the molecule is CC(C)(C)NS(=O)(=O)c1ccc(NC(=O)[C@@H](N)Cc2ccccc2)c(F)c1.Cl. The number of nitrogens with one attached hydrogen (secondary N) is 2. The van der Waals surface area contributed by atoms with Gasteiger partial charge in [-0.2, -0.15) is 0 Å². The van der Waals surface area contributed by atoms with Crippen LogP contribution in [0.15, 0.2) is 53.4 Å². The summed E-state index contributed by atoms with van der Waals surface area (Å²) in [7, 11) is -3.87. The van der Waals surface area contributed by atoms with E-state index in [4.69, 9.17) is 5.73 Å². The molecule has 2 aromatic rings. The highest BCUT2D eigenvalue weighted by atomic mass is 35.5. The molecule has 0 heterocycles. The van der Waals surface area contributed by atoms with Crippen molar-refractivity contribution in [3.8, 4) is 0 Å². The van der Waals surface area contributed by atoms with E-state index in [0.29, 0.717) is 6.42 Å². The molecule has 4 N–H and O–H groups in total. The summed E-state index contributed by atoms with van der Waals surface area (Å²) in [4.78, 5) is 12.0. The van der Waals surface area contributed by atoms with Crippen LogP contribution in [0.2, 0.25) is 0 Å². The van der Waals surface area contributed by atoms with Gasteiger partial charge in [-0.1, -0.05) is 30.3 Å². The third-order valence-corrected chi connectivity index (χ3v) is 5.34. The zero-order valence-electron chi connectivity index (χ0n) is 15.9. The first-order valence-corrected chi connectivity index (χ1v) is 9.90. The molecule has 0 saturated heterocycles. The second kappa shape index (κ2) is 9.47. The first kappa shape index (κ1) is 24.0. The number of sulfonamides is 1. The normalized spacial score (nSPS) is 12.8. The van der Waals surface area contributed by atoms with Gasteiger partial charge in [0, 0.05) is 5.54 Å². The van der Waals surface area contributed by atoms with Gasteiger partial charge < -0.3 is 11.1 Å². The van der Waals surface area contributed by atoms with Crippen LogP contribution in [0.1, 0.15) is 26.3 Å². The number of hydrogen-bond acceptors (Lipinski definition) is 4. The van der Waals surface area contributed by atoms with Crippen LogP contribution in [-0.4, -0.2) is 25.9 Å². The summed E-state index contributed by atoms with van der Waals surface area (Å²) >= 11 is 0. The van der Waals surface area contributed by atoms with E-state index >= 15 is 0 Å². The molecule has 0 aromatic heterocycles. The molecule has 0 bridgehead atoms. The average Bonchev–Trinajstić information content (AvgIpc) is 2.55. The minimum Gasteiger partial charge on any atom is -0.322 e. The van der Waals surface area contributed by atoms with Crippen LogP contribution in [0.3, 0.4) is 0 Å². The number of carbonyl (C=O) groups excluding carboxylic acids is 1. The number of rotatable bonds is 6. The van der Waals surface area contributed by atoms with Crippen LogP contribution in [0, 0.1) is 5.82 Å². The lowest BCUT2D eigenvalue weighted by Crippen LogP contribution is -2.40. The monoisotopic (exact) mass is 429 g/mol. The zero-order chi connectivity index (χ0) is 20.2. The highest BCUT2D eigenvalue weighted by Gasteiger charge is 2.23. The highest BCUT2D eigenvalue weighted by molar-refractivity contribution is 7.89. The molecule has 0 aliphatic carbocycles. The summed E-state index contributed by atoms with van der Waals surface area (Å²) in [6.45, 7) is 5.05. The van der Waals surface area contributed by atoms with E-state index in [0.717, 1.165) is 11.6 Å². The summed E-state index contributed by atoms with van der Waals surface area (Å²) < 4.78 is 41.3. The Morgan fingerprint density at radius 3 is 2.29 bits per heavy atom. The first-order valence-electron chi connectivity index (χ1n) is 8.42. The summed E-state index contributed by atoms with van der Waals surface area (Å²) in [5.41, 5.74) is 5.93. The lowest BCUT2D eigenvalue weighted by Gasteiger charge is -2.20. The van der Waals surface area contributed by atoms with Crippen molar-refractivity contribution < 1.29 is 17.6 Å². The molecule has 0 unspecified atom stereocenters. The maximum Gasteiger partial charge on any atom is 0.241 e. The lowest BCUT2D eigenvalue weighted by atomic mass is 10.1. The van der Waals surface area contributed by atoms with E-state index in [-0.39, 0.29) is 23.0 Å². The zero-order valence-corrected chi connectivity index (χ0v) is 17.5. The Morgan fingerprint density at radius 2 is 1.75 bits per heavy atom. The number of hydrogen-bond donors (Lipinski definition) is 3. The van der Waals surface area contributed by atoms with E-state index in [1.54, 1.807) is 20.8 Å². The minimum absolute atomic E-state index is 0. The van der Waals surface area contributed by atoms with Gasteiger partial charge in [-0.15, -0.1) is 12.4 Å². The van der Waals surface area contributed by atoms with Crippen molar-refractivity contribution in [3.63, 3.8) is 0 Å². The molecule has 9 heteroatoms. The Hall–Kier alpha value is -2.00. The van der Waals surface area contributed by atoms with Crippen LogP contribution >= 0.6 is 12.4 Å². The van der Waals surface area contributed by atoms with Gasteiger partial charge >= 0.3 is 0 Å². The van der Waals surface area contributed by atoms with E-state index < -0.39 is 33.3 Å². The van der Waals surface area contributed by atoms with Gasteiger partial charge in [-0.3, -0.25) is 4.79 Å². The van der Waals surface area contributed by atoms with Gasteiger partial charge in [0.25, 0.3) is 0 Å². The van der Waals surface area contributed by atoms with Gasteiger partial charge in [0.1, 0.15) is 5.82 Å². The van der Waals surface area contributed by atoms with Crippen LogP contribution in [0.25, 0.3) is 0 Å². The molecule has 0 spiro atoms. The first-order chi connectivity index (χ1) is 12.5. The van der Waals surface area contributed by atoms with Crippen LogP contribution in [-0.2, 0) is 21.2 Å². The van der Waals surface area contributed by atoms with Gasteiger partial charge in [-0.25, -0.2) is 17.5 Å². The molecule has 28 heavy (non-hydrogen) atoms. The summed E-state index contributed by atoms with van der Waals surface area (Å²) in [5, 5.41) is 2.40. The van der Waals surface area contributed by atoms with Crippen molar-refractivity contribution in [2.45, 2.75) is 43.7 Å². The van der Waals surface area contributed by atoms with E-state index in [1.165, 1.54) is 12.1 Å². The van der Waals surface area contributed by atoms with Crippen LogP contribution < -0.4 is 15.8 Å². The maximum absolute atomic E-state index is 14.3. The van der Waals surface area contributed by atoms with Crippen molar-refractivity contribution in [2.75, 3.05) is 5.32 Å². The summed E-state index contributed by atoms with van der Waals surface area (Å²) in [5.74, 6) is -1.41. The van der Waals surface area contributed by atoms with Crippen molar-refractivity contribution in [2.24, 2.45) is 5.73 Å². The van der Waals surface area contributed by atoms with E-state index in [1.807, 2.05) is 30.3 Å². The summed E-state index contributed by atoms with van der Waals surface area (Å²) in [6, 6.07) is 11.7. The number of benzene rings is 2. The number of amides is 1. The molecular formula is C19H25ClFN3O3S. The predicted octanol–water partition coefficient (Wildman–Crippen LogP) is 2.83. The highest BCUT2D eigenvalue weighted by Crippen LogP contribution is 2.20. The smallest absolute Gasteiger partial charge is 0.241 e. The Morgan fingerprint density at radius 1 is 1.14 bits per heavy atom. The minimum atomic E-state index is -3.87. The lowest BCUT2D eigenvalue weighted by molar-refractivity contribution is -0.117. The second-order valence-electron chi connectivity index (χ2n) is 7.28.